The predicted octanol–water partition coefficient (Wildman–Crippen LogP) is 2.94. The maximum Gasteiger partial charge on any atom is 0.252 e. The number of methoxy groups -OCH3 is 1. The minimum absolute atomic E-state index is 0.0209. The van der Waals surface area contributed by atoms with Crippen LogP contribution in [0.2, 0.25) is 0 Å². The van der Waals surface area contributed by atoms with Crippen LogP contribution >= 0.6 is 11.3 Å². The zero-order valence-corrected chi connectivity index (χ0v) is 15.8. The minimum Gasteiger partial charge on any atom is -0.494 e. The van der Waals surface area contributed by atoms with E-state index in [9.17, 15) is 17.6 Å². The van der Waals surface area contributed by atoms with Crippen LogP contribution < -0.4 is 10.1 Å². The zero-order chi connectivity index (χ0) is 18.7. The van der Waals surface area contributed by atoms with E-state index in [2.05, 4.69) is 5.32 Å². The average Bonchev–Trinajstić information content (AvgIpc) is 3.19. The van der Waals surface area contributed by atoms with Crippen molar-refractivity contribution in [3.05, 3.63) is 41.5 Å². The lowest BCUT2D eigenvalue weighted by Crippen LogP contribution is -2.43. The summed E-state index contributed by atoms with van der Waals surface area (Å²) in [5, 5.41) is 4.25. The number of anilines is 1. The number of sulfonamides is 1. The zero-order valence-electron chi connectivity index (χ0n) is 14.1. The number of carbonyl (C=O) groups is 1. The number of hydrogen-bond donors (Lipinski definition) is 1. The number of ether oxygens (including phenoxy) is 1. The molecule has 1 aliphatic heterocycles. The Morgan fingerprint density at radius 3 is 2.85 bits per heavy atom. The number of rotatable bonds is 5. The van der Waals surface area contributed by atoms with Crippen molar-refractivity contribution in [1.29, 1.82) is 0 Å². The molecule has 26 heavy (non-hydrogen) atoms. The number of nitrogens with one attached hydrogen (secondary N) is 1. The van der Waals surface area contributed by atoms with Gasteiger partial charge in [0.15, 0.2) is 11.6 Å². The van der Waals surface area contributed by atoms with Crippen LogP contribution in [0.1, 0.15) is 12.8 Å². The first-order valence-corrected chi connectivity index (χ1v) is 10.4. The van der Waals surface area contributed by atoms with E-state index in [-0.39, 0.29) is 22.2 Å². The summed E-state index contributed by atoms with van der Waals surface area (Å²) < 4.78 is 46.0. The van der Waals surface area contributed by atoms with Gasteiger partial charge < -0.3 is 10.1 Å². The lowest BCUT2D eigenvalue weighted by atomic mass is 9.98. The monoisotopic (exact) mass is 398 g/mol. The first-order valence-electron chi connectivity index (χ1n) is 8.10. The van der Waals surface area contributed by atoms with Crippen LogP contribution in [0.3, 0.4) is 0 Å². The van der Waals surface area contributed by atoms with Crippen molar-refractivity contribution in [3.8, 4) is 5.75 Å². The van der Waals surface area contributed by atoms with Crippen LogP contribution in [0.25, 0.3) is 0 Å². The maximum atomic E-state index is 14.2. The van der Waals surface area contributed by atoms with Crippen molar-refractivity contribution < 1.29 is 22.3 Å². The summed E-state index contributed by atoms with van der Waals surface area (Å²) in [6.45, 7) is 0.454. The van der Waals surface area contributed by atoms with Gasteiger partial charge in [-0.2, -0.15) is 4.31 Å². The Kier molecular flexibility index (Phi) is 5.59. The molecule has 1 unspecified atom stereocenters. The third kappa shape index (κ3) is 3.74. The summed E-state index contributed by atoms with van der Waals surface area (Å²) in [5.74, 6) is -1.55. The van der Waals surface area contributed by atoms with Crippen LogP contribution in [0.15, 0.2) is 39.9 Å². The molecule has 1 amide bonds. The van der Waals surface area contributed by atoms with Gasteiger partial charge in [0.05, 0.1) is 18.7 Å². The van der Waals surface area contributed by atoms with Gasteiger partial charge in [-0.1, -0.05) is 12.1 Å². The van der Waals surface area contributed by atoms with E-state index in [1.165, 1.54) is 23.5 Å². The highest BCUT2D eigenvalue weighted by molar-refractivity contribution is 7.91. The number of carbonyl (C=O) groups excluding carboxylic acids is 1. The standard InChI is InChI=1S/C17H19FN2O4S2/c1-24-14-7-2-6-13(16(14)18)19-17(21)12-5-3-9-20(11-12)26(22,23)15-8-4-10-25-15/h2,4,6-8,10,12H,3,5,9,11H2,1H3,(H,19,21). The van der Waals surface area contributed by atoms with Gasteiger partial charge in [-0.3, -0.25) is 4.79 Å². The van der Waals surface area contributed by atoms with Gasteiger partial charge in [-0.15, -0.1) is 11.3 Å². The van der Waals surface area contributed by atoms with Gasteiger partial charge in [0.25, 0.3) is 10.0 Å². The second-order valence-electron chi connectivity index (χ2n) is 5.95. The second-order valence-corrected chi connectivity index (χ2v) is 9.06. The highest BCUT2D eigenvalue weighted by Crippen LogP contribution is 2.28. The number of benzene rings is 1. The van der Waals surface area contributed by atoms with Crippen molar-refractivity contribution in [2.45, 2.75) is 17.1 Å². The molecular weight excluding hydrogens is 379 g/mol. The first kappa shape index (κ1) is 18.8. The van der Waals surface area contributed by atoms with Crippen LogP contribution in [0, 0.1) is 11.7 Å². The lowest BCUT2D eigenvalue weighted by molar-refractivity contribution is -0.120. The minimum atomic E-state index is -3.60. The van der Waals surface area contributed by atoms with E-state index in [0.717, 1.165) is 11.3 Å². The van der Waals surface area contributed by atoms with Gasteiger partial charge in [-0.05, 0) is 36.4 Å². The molecule has 0 saturated carbocycles. The topological polar surface area (TPSA) is 75.7 Å². The average molecular weight is 398 g/mol. The molecule has 1 aromatic heterocycles. The van der Waals surface area contributed by atoms with Gasteiger partial charge in [0, 0.05) is 13.1 Å². The maximum absolute atomic E-state index is 14.2. The molecule has 1 fully saturated rings. The Morgan fingerprint density at radius 1 is 1.35 bits per heavy atom. The number of hydrogen-bond acceptors (Lipinski definition) is 5. The molecule has 0 aliphatic carbocycles. The van der Waals surface area contributed by atoms with Gasteiger partial charge >= 0.3 is 0 Å². The summed E-state index contributed by atoms with van der Waals surface area (Å²) in [6, 6.07) is 7.71. The van der Waals surface area contributed by atoms with Crippen molar-refractivity contribution in [2.75, 3.05) is 25.5 Å². The predicted molar refractivity (Wildman–Crippen MR) is 97.4 cm³/mol. The number of amides is 1. The number of nitrogens with zero attached hydrogens (tertiary/aromatic N) is 1. The van der Waals surface area contributed by atoms with Crippen LogP contribution in [0.4, 0.5) is 10.1 Å². The molecule has 2 heterocycles. The molecule has 3 rings (SSSR count). The quantitative estimate of drug-likeness (QED) is 0.840. The largest absolute Gasteiger partial charge is 0.494 e. The van der Waals surface area contributed by atoms with Gasteiger partial charge in [-0.25, -0.2) is 12.8 Å². The fraction of sp³-hybridized carbons (Fsp3) is 0.353. The molecule has 2 aromatic rings. The molecule has 1 N–H and O–H groups in total. The Balaban J connectivity index is 1.73. The van der Waals surface area contributed by atoms with E-state index < -0.39 is 27.7 Å². The van der Waals surface area contributed by atoms with E-state index in [0.29, 0.717) is 19.4 Å². The summed E-state index contributed by atoms with van der Waals surface area (Å²) in [7, 11) is -2.25. The molecule has 140 valence electrons. The third-order valence-electron chi connectivity index (χ3n) is 4.29. The molecule has 6 nitrogen and oxygen atoms in total. The Bertz CT molecular complexity index is 884. The highest BCUT2D eigenvalue weighted by Gasteiger charge is 2.34. The van der Waals surface area contributed by atoms with Crippen LogP contribution in [-0.2, 0) is 14.8 Å². The van der Waals surface area contributed by atoms with Gasteiger partial charge in [0.1, 0.15) is 4.21 Å². The molecule has 1 saturated heterocycles. The summed E-state index contributed by atoms with van der Waals surface area (Å²) in [4.78, 5) is 12.5. The third-order valence-corrected chi connectivity index (χ3v) is 7.52. The first-order chi connectivity index (χ1) is 12.4. The SMILES string of the molecule is COc1cccc(NC(=O)C2CCCN(S(=O)(=O)c3cccs3)C2)c1F. The normalized spacial score (nSPS) is 18.5. The highest BCUT2D eigenvalue weighted by atomic mass is 32.2. The van der Waals surface area contributed by atoms with E-state index in [1.54, 1.807) is 23.6 Å². The Morgan fingerprint density at radius 2 is 2.15 bits per heavy atom. The van der Waals surface area contributed by atoms with Crippen LogP contribution in [0.5, 0.6) is 5.75 Å². The van der Waals surface area contributed by atoms with E-state index >= 15 is 0 Å². The number of halogens is 1. The fourth-order valence-corrected chi connectivity index (χ4v) is 5.58. The lowest BCUT2D eigenvalue weighted by Gasteiger charge is -2.30. The van der Waals surface area contributed by atoms with Gasteiger partial charge in [0.2, 0.25) is 5.91 Å². The number of thiophene rings is 1. The molecular formula is C17H19FN2O4S2. The molecule has 1 aromatic carbocycles. The smallest absolute Gasteiger partial charge is 0.252 e. The molecule has 0 bridgehead atoms. The van der Waals surface area contributed by atoms with Crippen molar-refractivity contribution in [3.63, 3.8) is 0 Å². The van der Waals surface area contributed by atoms with Crippen LogP contribution in [-0.4, -0.2) is 38.8 Å². The number of piperidine rings is 1. The van der Waals surface area contributed by atoms with E-state index in [4.69, 9.17) is 4.74 Å². The molecule has 0 radical (unpaired) electrons. The fourth-order valence-electron chi connectivity index (χ4n) is 2.91. The Labute approximate surface area is 155 Å². The second kappa shape index (κ2) is 7.73. The molecule has 1 atom stereocenters. The van der Waals surface area contributed by atoms with Crippen molar-refractivity contribution in [2.24, 2.45) is 5.92 Å². The molecule has 1 aliphatic rings. The summed E-state index contributed by atoms with van der Waals surface area (Å²) in [6.07, 6.45) is 1.12. The van der Waals surface area contributed by atoms with E-state index in [1.807, 2.05) is 0 Å². The summed E-state index contributed by atoms with van der Waals surface area (Å²) >= 11 is 1.15. The molecule has 0 spiro atoms. The summed E-state index contributed by atoms with van der Waals surface area (Å²) in [5.41, 5.74) is 0.0209. The molecule has 9 heteroatoms. The van der Waals surface area contributed by atoms with Crippen molar-refractivity contribution in [1.82, 2.24) is 4.31 Å². The Hall–Kier alpha value is -1.97. The van der Waals surface area contributed by atoms with Crippen molar-refractivity contribution >= 4 is 33.0 Å².